The van der Waals surface area contributed by atoms with Crippen LogP contribution in [-0.2, 0) is 9.59 Å². The number of rotatable bonds is 3. The fourth-order valence-corrected chi connectivity index (χ4v) is 2.43. The van der Waals surface area contributed by atoms with E-state index in [2.05, 4.69) is 16.2 Å². The summed E-state index contributed by atoms with van der Waals surface area (Å²) in [5.41, 5.74) is 4.23. The second kappa shape index (κ2) is 6.27. The molecule has 21 heavy (non-hydrogen) atoms. The molecule has 1 fully saturated rings. The number of para-hydroxylation sites is 1. The van der Waals surface area contributed by atoms with Gasteiger partial charge in [0.15, 0.2) is 0 Å². The molecule has 0 aromatic heterocycles. The molecule has 110 valence electrons. The number of phenolic OH excluding ortho intramolecular Hbond substituents is 1. The van der Waals surface area contributed by atoms with Crippen LogP contribution in [0.3, 0.4) is 0 Å². The summed E-state index contributed by atoms with van der Waals surface area (Å²) in [6, 6.07) is 5.83. The van der Waals surface area contributed by atoms with Gasteiger partial charge < -0.3 is 5.11 Å². The van der Waals surface area contributed by atoms with Gasteiger partial charge in [-0.15, -0.1) is 0 Å². The first kappa shape index (κ1) is 14.9. The van der Waals surface area contributed by atoms with Crippen molar-refractivity contribution in [2.45, 2.75) is 11.7 Å². The summed E-state index contributed by atoms with van der Waals surface area (Å²) in [7, 11) is 0. The Morgan fingerprint density at radius 3 is 2.57 bits per heavy atom. The van der Waals surface area contributed by atoms with Gasteiger partial charge in [0.2, 0.25) is 11.8 Å². The third-order valence-electron chi connectivity index (χ3n) is 2.60. The first-order chi connectivity index (χ1) is 9.97. The third kappa shape index (κ3) is 3.72. The Labute approximate surface area is 123 Å². The molecular formula is C12H11N3O5S. The Morgan fingerprint density at radius 1 is 1.24 bits per heavy atom. The van der Waals surface area contributed by atoms with Crippen molar-refractivity contribution < 1.29 is 24.3 Å². The van der Waals surface area contributed by atoms with Gasteiger partial charge in [0.1, 0.15) is 11.0 Å². The van der Waals surface area contributed by atoms with E-state index < -0.39 is 28.2 Å². The Kier molecular flexibility index (Phi) is 4.43. The molecule has 1 aromatic rings. The second-order valence-electron chi connectivity index (χ2n) is 4.11. The molecule has 4 N–H and O–H groups in total. The Hall–Kier alpha value is -2.55. The van der Waals surface area contributed by atoms with Crippen molar-refractivity contribution in [1.82, 2.24) is 16.2 Å². The molecule has 4 amide bonds. The molecule has 1 aliphatic rings. The lowest BCUT2D eigenvalue weighted by Crippen LogP contribution is -2.43. The number of thioether (sulfide) groups is 1. The molecule has 1 aliphatic heterocycles. The second-order valence-corrected chi connectivity index (χ2v) is 5.28. The maximum absolute atomic E-state index is 11.7. The van der Waals surface area contributed by atoms with E-state index in [1.165, 1.54) is 12.1 Å². The number of aromatic hydroxyl groups is 1. The topological polar surface area (TPSA) is 125 Å². The summed E-state index contributed by atoms with van der Waals surface area (Å²) in [6.07, 6.45) is -0.247. The summed E-state index contributed by atoms with van der Waals surface area (Å²) in [4.78, 5) is 45.5. The van der Waals surface area contributed by atoms with Gasteiger partial charge in [0.05, 0.1) is 5.56 Å². The molecule has 0 saturated carbocycles. The summed E-state index contributed by atoms with van der Waals surface area (Å²) >= 11 is 0.722. The zero-order chi connectivity index (χ0) is 15.4. The van der Waals surface area contributed by atoms with Crippen molar-refractivity contribution in [2.75, 3.05) is 0 Å². The summed E-state index contributed by atoms with van der Waals surface area (Å²) in [5.74, 6) is -2.07. The number of hydrogen-bond acceptors (Lipinski definition) is 6. The van der Waals surface area contributed by atoms with Gasteiger partial charge >= 0.3 is 0 Å². The quantitative estimate of drug-likeness (QED) is 0.578. The van der Waals surface area contributed by atoms with Crippen LogP contribution < -0.4 is 16.2 Å². The van der Waals surface area contributed by atoms with Crippen molar-refractivity contribution in [3.8, 4) is 5.75 Å². The van der Waals surface area contributed by atoms with Gasteiger partial charge in [0, 0.05) is 6.42 Å². The summed E-state index contributed by atoms with van der Waals surface area (Å²) < 4.78 is 0. The number of nitrogens with one attached hydrogen (secondary N) is 3. The predicted molar refractivity (Wildman–Crippen MR) is 73.3 cm³/mol. The van der Waals surface area contributed by atoms with E-state index in [9.17, 15) is 24.3 Å². The van der Waals surface area contributed by atoms with Gasteiger partial charge in [-0.25, -0.2) is 0 Å². The van der Waals surface area contributed by atoms with Crippen molar-refractivity contribution >= 4 is 34.7 Å². The van der Waals surface area contributed by atoms with E-state index in [0.29, 0.717) is 0 Å². The lowest BCUT2D eigenvalue weighted by atomic mass is 10.2. The monoisotopic (exact) mass is 309 g/mol. The van der Waals surface area contributed by atoms with Crippen molar-refractivity contribution in [2.24, 2.45) is 0 Å². The molecule has 1 aromatic carbocycles. The molecule has 1 saturated heterocycles. The molecule has 0 radical (unpaired) electrons. The van der Waals surface area contributed by atoms with Gasteiger partial charge in [-0.3, -0.25) is 35.3 Å². The minimum Gasteiger partial charge on any atom is -0.507 e. The summed E-state index contributed by atoms with van der Waals surface area (Å²) in [6.45, 7) is 0. The largest absolute Gasteiger partial charge is 0.507 e. The molecular weight excluding hydrogens is 298 g/mol. The zero-order valence-corrected chi connectivity index (χ0v) is 11.4. The highest BCUT2D eigenvalue weighted by molar-refractivity contribution is 8.15. The first-order valence-electron chi connectivity index (χ1n) is 5.86. The average molecular weight is 309 g/mol. The van der Waals surface area contributed by atoms with Crippen molar-refractivity contribution in [3.63, 3.8) is 0 Å². The number of benzene rings is 1. The van der Waals surface area contributed by atoms with Gasteiger partial charge in [-0.05, 0) is 12.1 Å². The molecule has 1 atom stereocenters. The number of carbonyl (C=O) groups excluding carboxylic acids is 4. The van der Waals surface area contributed by atoms with Gasteiger partial charge in [-0.1, -0.05) is 23.9 Å². The molecule has 0 unspecified atom stereocenters. The Balaban J connectivity index is 1.84. The summed E-state index contributed by atoms with van der Waals surface area (Å²) in [5, 5.41) is 10.2. The fraction of sp³-hybridized carbons (Fsp3) is 0.167. The van der Waals surface area contributed by atoms with E-state index >= 15 is 0 Å². The first-order valence-corrected chi connectivity index (χ1v) is 6.74. The maximum atomic E-state index is 11.7. The van der Waals surface area contributed by atoms with E-state index in [1.807, 2.05) is 0 Å². The highest BCUT2D eigenvalue weighted by atomic mass is 32.2. The number of phenols is 1. The van der Waals surface area contributed by atoms with Crippen molar-refractivity contribution in [1.29, 1.82) is 0 Å². The fourth-order valence-electron chi connectivity index (χ4n) is 1.61. The molecule has 1 heterocycles. The lowest BCUT2D eigenvalue weighted by molar-refractivity contribution is -0.125. The smallest absolute Gasteiger partial charge is 0.286 e. The minimum atomic E-state index is -0.806. The van der Waals surface area contributed by atoms with Crippen LogP contribution in [0.2, 0.25) is 0 Å². The SMILES string of the molecule is O=C(C[C@H]1SC(=O)NC1=O)NNC(=O)c1ccccc1O. The molecule has 0 bridgehead atoms. The highest BCUT2D eigenvalue weighted by Gasteiger charge is 2.33. The van der Waals surface area contributed by atoms with Crippen LogP contribution >= 0.6 is 11.8 Å². The lowest BCUT2D eigenvalue weighted by Gasteiger charge is -2.09. The molecule has 2 rings (SSSR count). The van der Waals surface area contributed by atoms with E-state index in [0.717, 1.165) is 11.8 Å². The molecule has 9 heteroatoms. The van der Waals surface area contributed by atoms with Gasteiger partial charge in [-0.2, -0.15) is 0 Å². The Bertz CT molecular complexity index is 619. The van der Waals surface area contributed by atoms with Crippen LogP contribution in [-0.4, -0.2) is 33.3 Å². The molecule has 0 spiro atoms. The molecule has 0 aliphatic carbocycles. The van der Waals surface area contributed by atoms with Crippen LogP contribution in [0.25, 0.3) is 0 Å². The normalized spacial score (nSPS) is 17.2. The zero-order valence-electron chi connectivity index (χ0n) is 10.6. The molecule has 8 nitrogen and oxygen atoms in total. The average Bonchev–Trinajstić information content (AvgIpc) is 2.74. The van der Waals surface area contributed by atoms with E-state index in [-0.39, 0.29) is 17.7 Å². The maximum Gasteiger partial charge on any atom is 0.286 e. The van der Waals surface area contributed by atoms with Crippen LogP contribution in [0.4, 0.5) is 4.79 Å². The predicted octanol–water partition coefficient (Wildman–Crippen LogP) is -0.105. The number of carbonyl (C=O) groups is 4. The number of hydrogen-bond donors (Lipinski definition) is 4. The van der Waals surface area contributed by atoms with Crippen LogP contribution in [0, 0.1) is 0 Å². The van der Waals surface area contributed by atoms with Crippen LogP contribution in [0.5, 0.6) is 5.75 Å². The standard InChI is InChI=1S/C12H11N3O5S/c16-7-4-2-1-3-6(7)10(18)15-14-9(17)5-8-11(19)13-12(20)21-8/h1-4,8,16H,5H2,(H,14,17)(H,15,18)(H,13,19,20)/t8-/m1/s1. The van der Waals surface area contributed by atoms with Crippen LogP contribution in [0.1, 0.15) is 16.8 Å². The van der Waals surface area contributed by atoms with Crippen LogP contribution in [0.15, 0.2) is 24.3 Å². The highest BCUT2D eigenvalue weighted by Crippen LogP contribution is 2.21. The number of hydrazine groups is 1. The van der Waals surface area contributed by atoms with E-state index in [4.69, 9.17) is 0 Å². The number of imide groups is 1. The third-order valence-corrected chi connectivity index (χ3v) is 3.58. The minimum absolute atomic E-state index is 0.000891. The van der Waals surface area contributed by atoms with Gasteiger partial charge in [0.25, 0.3) is 11.1 Å². The number of amides is 4. The van der Waals surface area contributed by atoms with E-state index in [1.54, 1.807) is 12.1 Å². The Morgan fingerprint density at radius 2 is 1.95 bits per heavy atom. The van der Waals surface area contributed by atoms with Crippen molar-refractivity contribution in [3.05, 3.63) is 29.8 Å².